The number of nitrogens with one attached hydrogen (secondary N) is 1. The highest BCUT2D eigenvalue weighted by atomic mass is 16.6. The van der Waals surface area contributed by atoms with E-state index < -0.39 is 30.4 Å². The van der Waals surface area contributed by atoms with Gasteiger partial charge in [0.1, 0.15) is 11.4 Å². The second-order valence-corrected chi connectivity index (χ2v) is 7.41. The number of benzene rings is 1. The van der Waals surface area contributed by atoms with Gasteiger partial charge in [-0.1, -0.05) is 44.1 Å². The topological polar surface area (TPSA) is 88.0 Å². The Morgan fingerprint density at radius 3 is 2.44 bits per heavy atom. The van der Waals surface area contributed by atoms with Gasteiger partial charge in [0.25, 0.3) is 0 Å². The van der Waals surface area contributed by atoms with Gasteiger partial charge in [0.2, 0.25) is 0 Å². The van der Waals surface area contributed by atoms with Crippen molar-refractivity contribution in [3.63, 3.8) is 0 Å². The lowest BCUT2D eigenvalue weighted by molar-refractivity contribution is 0.0406. The molecule has 0 spiro atoms. The predicted octanol–water partition coefficient (Wildman–Crippen LogP) is 3.52. The third kappa shape index (κ3) is 10.0. The molecule has 0 saturated carbocycles. The summed E-state index contributed by atoms with van der Waals surface area (Å²) in [7, 11) is 0. The van der Waals surface area contributed by atoms with E-state index in [9.17, 15) is 15.0 Å². The van der Waals surface area contributed by atoms with Gasteiger partial charge < -0.3 is 25.0 Å². The molecule has 0 saturated heterocycles. The summed E-state index contributed by atoms with van der Waals surface area (Å²) in [5.74, 6) is 0.809. The molecule has 1 amide bonds. The van der Waals surface area contributed by atoms with E-state index in [0.717, 1.165) is 30.6 Å². The lowest BCUT2D eigenvalue weighted by atomic mass is 10.1. The molecule has 0 radical (unpaired) electrons. The molecule has 27 heavy (non-hydrogen) atoms. The number of alkyl carbamates (subject to hydrolysis) is 1. The van der Waals surface area contributed by atoms with Crippen LogP contribution in [0.4, 0.5) is 4.79 Å². The molecular formula is C21H33NO5. The first-order chi connectivity index (χ1) is 12.7. The quantitative estimate of drug-likeness (QED) is 0.542. The van der Waals surface area contributed by atoms with Crippen molar-refractivity contribution >= 4 is 12.2 Å². The van der Waals surface area contributed by atoms with Gasteiger partial charge in [-0.05, 0) is 44.9 Å². The van der Waals surface area contributed by atoms with Gasteiger partial charge in [-0.2, -0.15) is 0 Å². The molecule has 1 rings (SSSR count). The van der Waals surface area contributed by atoms with Crippen molar-refractivity contribution in [3.8, 4) is 5.75 Å². The summed E-state index contributed by atoms with van der Waals surface area (Å²) in [4.78, 5) is 11.8. The van der Waals surface area contributed by atoms with Gasteiger partial charge in [0.05, 0.1) is 25.4 Å². The lowest BCUT2D eigenvalue weighted by Crippen LogP contribution is -2.46. The summed E-state index contributed by atoms with van der Waals surface area (Å²) in [6, 6.07) is 6.67. The van der Waals surface area contributed by atoms with Crippen LogP contribution in [-0.4, -0.2) is 47.3 Å². The molecule has 2 atom stereocenters. The highest BCUT2D eigenvalue weighted by molar-refractivity contribution is 5.68. The van der Waals surface area contributed by atoms with Gasteiger partial charge in [0.15, 0.2) is 0 Å². The van der Waals surface area contributed by atoms with Crippen molar-refractivity contribution in [3.05, 3.63) is 35.9 Å². The van der Waals surface area contributed by atoms with Gasteiger partial charge >= 0.3 is 6.09 Å². The molecule has 6 heteroatoms. The highest BCUT2D eigenvalue weighted by Gasteiger charge is 2.22. The minimum atomic E-state index is -1.05. The molecule has 0 bridgehead atoms. The van der Waals surface area contributed by atoms with Crippen LogP contribution in [-0.2, 0) is 4.74 Å². The first kappa shape index (κ1) is 23.0. The predicted molar refractivity (Wildman–Crippen MR) is 107 cm³/mol. The minimum Gasteiger partial charge on any atom is -0.494 e. The van der Waals surface area contributed by atoms with Crippen molar-refractivity contribution in [1.82, 2.24) is 5.32 Å². The largest absolute Gasteiger partial charge is 0.494 e. The minimum absolute atomic E-state index is 0.407. The Morgan fingerprint density at radius 2 is 1.89 bits per heavy atom. The van der Waals surface area contributed by atoms with Crippen LogP contribution in [0.2, 0.25) is 0 Å². The Balaban J connectivity index is 2.54. The zero-order valence-electron chi connectivity index (χ0n) is 16.8. The third-order valence-corrected chi connectivity index (χ3v) is 3.69. The van der Waals surface area contributed by atoms with Crippen molar-refractivity contribution < 1.29 is 24.5 Å². The number of hydrogen-bond acceptors (Lipinski definition) is 5. The summed E-state index contributed by atoms with van der Waals surface area (Å²) in [5.41, 5.74) is 0.231. The number of unbranched alkanes of at least 4 members (excludes halogenated alkanes) is 2. The number of ether oxygens (including phenoxy) is 2. The van der Waals surface area contributed by atoms with E-state index in [4.69, 9.17) is 9.47 Å². The Hall–Kier alpha value is -2.05. The first-order valence-electron chi connectivity index (χ1n) is 9.44. The Bertz CT molecular complexity index is 577. The van der Waals surface area contributed by atoms with E-state index in [0.29, 0.717) is 6.61 Å². The molecule has 1 aromatic carbocycles. The third-order valence-electron chi connectivity index (χ3n) is 3.69. The fourth-order valence-electron chi connectivity index (χ4n) is 2.26. The number of carbonyl (C=O) groups excluding carboxylic acids is 1. The molecule has 0 heterocycles. The molecule has 0 aliphatic heterocycles. The van der Waals surface area contributed by atoms with E-state index >= 15 is 0 Å². The van der Waals surface area contributed by atoms with E-state index in [1.165, 1.54) is 6.08 Å². The molecule has 1 unspecified atom stereocenters. The molecular weight excluding hydrogens is 346 g/mol. The van der Waals surface area contributed by atoms with Gasteiger partial charge in [-0.25, -0.2) is 4.79 Å². The van der Waals surface area contributed by atoms with Crippen LogP contribution in [0.3, 0.4) is 0 Å². The zero-order valence-corrected chi connectivity index (χ0v) is 16.8. The zero-order chi connectivity index (χ0) is 20.3. The van der Waals surface area contributed by atoms with Gasteiger partial charge in [-0.3, -0.25) is 0 Å². The van der Waals surface area contributed by atoms with E-state index in [1.807, 2.05) is 24.3 Å². The Kier molecular flexibility index (Phi) is 9.89. The maximum Gasteiger partial charge on any atom is 0.408 e. The van der Waals surface area contributed by atoms with Crippen molar-refractivity contribution in [2.24, 2.45) is 0 Å². The molecule has 6 nitrogen and oxygen atoms in total. The molecule has 0 aliphatic carbocycles. The second-order valence-electron chi connectivity index (χ2n) is 7.41. The molecule has 152 valence electrons. The fraction of sp³-hybridized carbons (Fsp3) is 0.571. The van der Waals surface area contributed by atoms with Crippen molar-refractivity contribution in [2.75, 3.05) is 13.2 Å². The van der Waals surface area contributed by atoms with Crippen LogP contribution in [0.5, 0.6) is 5.75 Å². The normalized spacial score (nSPS) is 14.0. The number of carbonyl (C=O) groups is 1. The summed E-state index contributed by atoms with van der Waals surface area (Å²) in [6.45, 7) is 7.68. The van der Waals surface area contributed by atoms with Crippen LogP contribution in [0.1, 0.15) is 52.5 Å². The molecule has 3 N–H and O–H groups in total. The maximum absolute atomic E-state index is 11.8. The van der Waals surface area contributed by atoms with Crippen LogP contribution < -0.4 is 10.1 Å². The maximum atomic E-state index is 11.8. The van der Waals surface area contributed by atoms with Crippen molar-refractivity contribution in [2.45, 2.75) is 64.7 Å². The summed E-state index contributed by atoms with van der Waals surface area (Å²) < 4.78 is 10.8. The van der Waals surface area contributed by atoms with E-state index in [1.54, 1.807) is 26.8 Å². The van der Waals surface area contributed by atoms with Gasteiger partial charge in [-0.15, -0.1) is 0 Å². The monoisotopic (exact) mass is 379 g/mol. The van der Waals surface area contributed by atoms with E-state index in [-0.39, 0.29) is 0 Å². The van der Waals surface area contributed by atoms with Crippen LogP contribution in [0.15, 0.2) is 30.3 Å². The Labute approximate surface area is 162 Å². The number of aliphatic hydroxyl groups excluding tert-OH is 2. The number of amides is 1. The van der Waals surface area contributed by atoms with Crippen LogP contribution >= 0.6 is 0 Å². The van der Waals surface area contributed by atoms with Crippen LogP contribution in [0.25, 0.3) is 6.08 Å². The second kappa shape index (κ2) is 11.6. The first-order valence-corrected chi connectivity index (χ1v) is 9.44. The van der Waals surface area contributed by atoms with Gasteiger partial charge in [0, 0.05) is 0 Å². The average molecular weight is 379 g/mol. The summed E-state index contributed by atoms with van der Waals surface area (Å²) >= 11 is 0. The smallest absolute Gasteiger partial charge is 0.408 e. The highest BCUT2D eigenvalue weighted by Crippen LogP contribution is 2.14. The fourth-order valence-corrected chi connectivity index (χ4v) is 2.26. The SMILES string of the molecule is CCCCCOc1ccc(/C=C/[C@H](O)C(CO)NC(=O)OC(C)(C)C)cc1. The van der Waals surface area contributed by atoms with Crippen LogP contribution in [0, 0.1) is 0 Å². The average Bonchev–Trinajstić information content (AvgIpc) is 2.60. The molecule has 0 aromatic heterocycles. The number of aliphatic hydroxyl groups is 2. The lowest BCUT2D eigenvalue weighted by Gasteiger charge is -2.24. The number of rotatable bonds is 10. The Morgan fingerprint density at radius 1 is 1.22 bits per heavy atom. The summed E-state index contributed by atoms with van der Waals surface area (Å²) in [5, 5.41) is 22.1. The molecule has 0 aliphatic rings. The molecule has 1 aromatic rings. The number of hydrogen-bond donors (Lipinski definition) is 3. The molecule has 0 fully saturated rings. The van der Waals surface area contributed by atoms with Crippen molar-refractivity contribution in [1.29, 1.82) is 0 Å². The standard InChI is InChI=1S/C21H33NO5/c1-5-6-7-14-26-17-11-8-16(9-12-17)10-13-19(24)18(15-23)22-20(25)27-21(2,3)4/h8-13,18-19,23-24H,5-7,14-15H2,1-4H3,(H,22,25)/b13-10+/t18?,19-/m0/s1. The summed E-state index contributed by atoms with van der Waals surface area (Å²) in [6.07, 6.45) is 4.87. The van der Waals surface area contributed by atoms with E-state index in [2.05, 4.69) is 12.2 Å².